The van der Waals surface area contributed by atoms with Gasteiger partial charge in [-0.25, -0.2) is 4.79 Å². The summed E-state index contributed by atoms with van der Waals surface area (Å²) in [5.74, 6) is -1.19. The van der Waals surface area contributed by atoms with Gasteiger partial charge in [0.1, 0.15) is 0 Å². The van der Waals surface area contributed by atoms with Gasteiger partial charge in [0, 0.05) is 12.7 Å². The third kappa shape index (κ3) is 5.37. The standard InChI is InChI=1S/C13H19N3O3/c1-9-5-7-14-8-11(9)16-13(19)15-6-3-4-10(2)12(17)18/h5,7-8,10H,3-4,6H2,1-2H3,(H,17,18)(H2,15,16,19). The summed E-state index contributed by atoms with van der Waals surface area (Å²) in [7, 11) is 0. The van der Waals surface area contributed by atoms with Crippen LogP contribution in [-0.4, -0.2) is 28.6 Å². The fourth-order valence-electron chi connectivity index (χ4n) is 1.50. The Labute approximate surface area is 112 Å². The zero-order valence-electron chi connectivity index (χ0n) is 11.1. The lowest BCUT2D eigenvalue weighted by atomic mass is 10.1. The fourth-order valence-corrected chi connectivity index (χ4v) is 1.50. The molecule has 0 aromatic carbocycles. The van der Waals surface area contributed by atoms with E-state index in [2.05, 4.69) is 15.6 Å². The van der Waals surface area contributed by atoms with E-state index < -0.39 is 5.97 Å². The molecule has 1 aromatic heterocycles. The Bertz CT molecular complexity index is 449. The van der Waals surface area contributed by atoms with Gasteiger partial charge in [0.05, 0.1) is 17.8 Å². The molecule has 0 bridgehead atoms. The molecule has 1 aromatic rings. The number of anilines is 1. The number of aromatic nitrogens is 1. The molecule has 0 aliphatic heterocycles. The third-order valence-corrected chi connectivity index (χ3v) is 2.81. The third-order valence-electron chi connectivity index (χ3n) is 2.81. The number of carboxylic acid groups (broad SMARTS) is 1. The van der Waals surface area contributed by atoms with Crippen LogP contribution >= 0.6 is 0 Å². The first-order valence-corrected chi connectivity index (χ1v) is 6.19. The molecule has 0 spiro atoms. The largest absolute Gasteiger partial charge is 0.481 e. The Balaban J connectivity index is 2.26. The number of pyridine rings is 1. The molecule has 1 rings (SSSR count). The fraction of sp³-hybridized carbons (Fsp3) is 0.462. The van der Waals surface area contributed by atoms with E-state index in [0.29, 0.717) is 25.1 Å². The molecule has 0 saturated carbocycles. The van der Waals surface area contributed by atoms with Crippen LogP contribution in [0.1, 0.15) is 25.3 Å². The van der Waals surface area contributed by atoms with Crippen LogP contribution in [-0.2, 0) is 4.79 Å². The molecule has 0 aliphatic carbocycles. The summed E-state index contributed by atoms with van der Waals surface area (Å²) < 4.78 is 0. The van der Waals surface area contributed by atoms with Gasteiger partial charge in [-0.15, -0.1) is 0 Å². The number of carboxylic acids is 1. The van der Waals surface area contributed by atoms with Gasteiger partial charge in [0.2, 0.25) is 0 Å². The van der Waals surface area contributed by atoms with Gasteiger partial charge in [0.15, 0.2) is 0 Å². The maximum Gasteiger partial charge on any atom is 0.319 e. The average Bonchev–Trinajstić information content (AvgIpc) is 2.37. The summed E-state index contributed by atoms with van der Waals surface area (Å²) in [6, 6.07) is 1.50. The monoisotopic (exact) mass is 265 g/mol. The van der Waals surface area contributed by atoms with Crippen molar-refractivity contribution in [1.29, 1.82) is 0 Å². The molecule has 6 nitrogen and oxygen atoms in total. The minimum atomic E-state index is -0.810. The summed E-state index contributed by atoms with van der Waals surface area (Å²) in [5.41, 5.74) is 1.60. The number of nitrogens with one attached hydrogen (secondary N) is 2. The lowest BCUT2D eigenvalue weighted by Crippen LogP contribution is -2.30. The average molecular weight is 265 g/mol. The van der Waals surface area contributed by atoms with E-state index >= 15 is 0 Å². The molecule has 0 radical (unpaired) electrons. The van der Waals surface area contributed by atoms with E-state index in [1.54, 1.807) is 19.3 Å². The van der Waals surface area contributed by atoms with Crippen LogP contribution in [0.15, 0.2) is 18.5 Å². The summed E-state index contributed by atoms with van der Waals surface area (Å²) >= 11 is 0. The van der Waals surface area contributed by atoms with E-state index in [9.17, 15) is 9.59 Å². The smallest absolute Gasteiger partial charge is 0.319 e. The lowest BCUT2D eigenvalue weighted by molar-refractivity contribution is -0.141. The number of rotatable bonds is 6. The highest BCUT2D eigenvalue weighted by Crippen LogP contribution is 2.10. The highest BCUT2D eigenvalue weighted by atomic mass is 16.4. The molecule has 6 heteroatoms. The number of hydrogen-bond acceptors (Lipinski definition) is 3. The predicted octanol–water partition coefficient (Wildman–Crippen LogP) is 2.01. The van der Waals surface area contributed by atoms with Crippen LogP contribution in [0, 0.1) is 12.8 Å². The van der Waals surface area contributed by atoms with E-state index in [1.165, 1.54) is 0 Å². The molecule has 19 heavy (non-hydrogen) atoms. The molecule has 0 saturated heterocycles. The van der Waals surface area contributed by atoms with Gasteiger partial charge in [-0.2, -0.15) is 0 Å². The molecule has 3 N–H and O–H groups in total. The quantitative estimate of drug-likeness (QED) is 0.686. The molecule has 0 aliphatic rings. The van der Waals surface area contributed by atoms with Gasteiger partial charge >= 0.3 is 12.0 Å². The van der Waals surface area contributed by atoms with Crippen molar-refractivity contribution < 1.29 is 14.7 Å². The summed E-state index contributed by atoms with van der Waals surface area (Å²) in [6.45, 7) is 3.98. The Morgan fingerprint density at radius 1 is 1.47 bits per heavy atom. The summed E-state index contributed by atoms with van der Waals surface area (Å²) in [5, 5.41) is 14.1. The molecule has 2 amide bonds. The topological polar surface area (TPSA) is 91.3 Å². The highest BCUT2D eigenvalue weighted by Gasteiger charge is 2.10. The lowest BCUT2D eigenvalue weighted by Gasteiger charge is -2.10. The van der Waals surface area contributed by atoms with E-state index in [-0.39, 0.29) is 11.9 Å². The molecule has 1 heterocycles. The van der Waals surface area contributed by atoms with Crippen LogP contribution in [0.25, 0.3) is 0 Å². The SMILES string of the molecule is Cc1ccncc1NC(=O)NCCCC(C)C(=O)O. The van der Waals surface area contributed by atoms with Crippen molar-refractivity contribution in [2.75, 3.05) is 11.9 Å². The number of carbonyl (C=O) groups excluding carboxylic acids is 1. The molecule has 1 atom stereocenters. The molecule has 1 unspecified atom stereocenters. The number of aryl methyl sites for hydroxylation is 1. The number of carbonyl (C=O) groups is 2. The number of hydrogen-bond donors (Lipinski definition) is 3. The molecular formula is C13H19N3O3. The van der Waals surface area contributed by atoms with Crippen LogP contribution in [0.5, 0.6) is 0 Å². The van der Waals surface area contributed by atoms with Gasteiger partial charge in [-0.3, -0.25) is 9.78 Å². The molecular weight excluding hydrogens is 246 g/mol. The van der Waals surface area contributed by atoms with Gasteiger partial charge in [0.25, 0.3) is 0 Å². The molecule has 104 valence electrons. The van der Waals surface area contributed by atoms with Crippen molar-refractivity contribution >= 4 is 17.7 Å². The minimum Gasteiger partial charge on any atom is -0.481 e. The number of amides is 2. The van der Waals surface area contributed by atoms with Crippen LogP contribution < -0.4 is 10.6 Å². The van der Waals surface area contributed by atoms with E-state index in [0.717, 1.165) is 5.56 Å². The van der Waals surface area contributed by atoms with Crippen molar-refractivity contribution in [3.63, 3.8) is 0 Å². The second-order valence-corrected chi connectivity index (χ2v) is 4.45. The normalized spacial score (nSPS) is 11.7. The maximum atomic E-state index is 11.6. The van der Waals surface area contributed by atoms with Crippen LogP contribution in [0.4, 0.5) is 10.5 Å². The zero-order chi connectivity index (χ0) is 14.3. The first kappa shape index (κ1) is 14.9. The van der Waals surface area contributed by atoms with Crippen LogP contribution in [0.2, 0.25) is 0 Å². The maximum absolute atomic E-state index is 11.6. The van der Waals surface area contributed by atoms with Crippen molar-refractivity contribution in [3.8, 4) is 0 Å². The van der Waals surface area contributed by atoms with Crippen molar-refractivity contribution in [2.45, 2.75) is 26.7 Å². The summed E-state index contributed by atoms with van der Waals surface area (Å²) in [6.07, 6.45) is 4.42. The van der Waals surface area contributed by atoms with E-state index in [1.807, 2.05) is 13.0 Å². The highest BCUT2D eigenvalue weighted by molar-refractivity contribution is 5.89. The van der Waals surface area contributed by atoms with Gasteiger partial charge in [-0.05, 0) is 31.4 Å². The molecule has 0 fully saturated rings. The zero-order valence-corrected chi connectivity index (χ0v) is 11.1. The van der Waals surface area contributed by atoms with Crippen molar-refractivity contribution in [3.05, 3.63) is 24.0 Å². The van der Waals surface area contributed by atoms with Gasteiger partial charge in [-0.1, -0.05) is 6.92 Å². The Morgan fingerprint density at radius 2 is 2.21 bits per heavy atom. The number of aliphatic carboxylic acids is 1. The second-order valence-electron chi connectivity index (χ2n) is 4.45. The Hall–Kier alpha value is -2.11. The Kier molecular flexibility index (Phi) is 5.78. The predicted molar refractivity (Wildman–Crippen MR) is 72.0 cm³/mol. The second kappa shape index (κ2) is 7.35. The van der Waals surface area contributed by atoms with E-state index in [4.69, 9.17) is 5.11 Å². The number of urea groups is 1. The summed E-state index contributed by atoms with van der Waals surface area (Å²) in [4.78, 5) is 26.1. The van der Waals surface area contributed by atoms with Crippen LogP contribution in [0.3, 0.4) is 0 Å². The number of nitrogens with zero attached hydrogens (tertiary/aromatic N) is 1. The first-order valence-electron chi connectivity index (χ1n) is 6.19. The van der Waals surface area contributed by atoms with Crippen molar-refractivity contribution in [2.24, 2.45) is 5.92 Å². The van der Waals surface area contributed by atoms with Gasteiger partial charge < -0.3 is 15.7 Å². The minimum absolute atomic E-state index is 0.306. The van der Waals surface area contributed by atoms with Crippen molar-refractivity contribution in [1.82, 2.24) is 10.3 Å². The Morgan fingerprint density at radius 3 is 2.84 bits per heavy atom. The first-order chi connectivity index (χ1) is 9.00.